The molecule has 3 aliphatic carbocycles. The van der Waals surface area contributed by atoms with Crippen LogP contribution in [0.25, 0.3) is 10.9 Å². The SMILES string of the molecule is COC(=O)C12CC(C(=O)OC)(C1)C2c1ccc2ncccc2c1. The third-order valence-electron chi connectivity index (χ3n) is 5.51. The maximum Gasteiger partial charge on any atom is 0.312 e. The maximum absolute atomic E-state index is 12.3. The first-order valence-electron chi connectivity index (χ1n) is 7.59. The monoisotopic (exact) mass is 311 g/mol. The molecule has 5 heteroatoms. The summed E-state index contributed by atoms with van der Waals surface area (Å²) in [5.41, 5.74) is 0.694. The summed E-state index contributed by atoms with van der Waals surface area (Å²) in [5, 5.41) is 0.997. The molecule has 0 atom stereocenters. The van der Waals surface area contributed by atoms with Crippen molar-refractivity contribution in [1.29, 1.82) is 0 Å². The van der Waals surface area contributed by atoms with E-state index in [2.05, 4.69) is 4.98 Å². The molecule has 0 N–H and O–H groups in total. The van der Waals surface area contributed by atoms with Gasteiger partial charge in [-0.3, -0.25) is 14.6 Å². The number of hydrogen-bond donors (Lipinski definition) is 0. The zero-order chi connectivity index (χ0) is 16.2. The van der Waals surface area contributed by atoms with Crippen LogP contribution in [0.1, 0.15) is 24.3 Å². The summed E-state index contributed by atoms with van der Waals surface area (Å²) in [5.74, 6) is -0.654. The van der Waals surface area contributed by atoms with E-state index in [1.54, 1.807) is 6.20 Å². The van der Waals surface area contributed by atoms with Gasteiger partial charge in [-0.2, -0.15) is 0 Å². The molecule has 1 aromatic carbocycles. The lowest BCUT2D eigenvalue weighted by molar-refractivity contribution is -0.249. The van der Waals surface area contributed by atoms with Gasteiger partial charge in [-0.1, -0.05) is 12.1 Å². The second-order valence-corrected chi connectivity index (χ2v) is 6.54. The summed E-state index contributed by atoms with van der Waals surface area (Å²) in [6, 6.07) is 9.75. The fourth-order valence-corrected chi connectivity index (χ4v) is 4.59. The van der Waals surface area contributed by atoms with Crippen molar-refractivity contribution in [3.05, 3.63) is 42.1 Å². The van der Waals surface area contributed by atoms with Crippen LogP contribution in [0.4, 0.5) is 0 Å². The van der Waals surface area contributed by atoms with E-state index < -0.39 is 10.8 Å². The highest BCUT2D eigenvalue weighted by molar-refractivity contribution is 5.94. The molecule has 0 aliphatic heterocycles. The lowest BCUT2D eigenvalue weighted by Crippen LogP contribution is -2.74. The van der Waals surface area contributed by atoms with E-state index in [-0.39, 0.29) is 17.9 Å². The van der Waals surface area contributed by atoms with Crippen molar-refractivity contribution in [3.8, 4) is 0 Å². The number of carbonyl (C=O) groups is 2. The maximum atomic E-state index is 12.3. The van der Waals surface area contributed by atoms with Gasteiger partial charge in [0.05, 0.1) is 30.6 Å². The molecule has 0 spiro atoms. The van der Waals surface area contributed by atoms with Crippen LogP contribution < -0.4 is 0 Å². The number of ether oxygens (including phenoxy) is 2. The average Bonchev–Trinajstić information content (AvgIpc) is 2.52. The topological polar surface area (TPSA) is 65.5 Å². The summed E-state index contributed by atoms with van der Waals surface area (Å²) in [4.78, 5) is 28.8. The predicted octanol–water partition coefficient (Wildman–Crippen LogP) is 2.44. The number of aromatic nitrogens is 1. The molecule has 23 heavy (non-hydrogen) atoms. The van der Waals surface area contributed by atoms with Crippen LogP contribution in [0.5, 0.6) is 0 Å². The lowest BCUT2D eigenvalue weighted by Gasteiger charge is -2.72. The lowest BCUT2D eigenvalue weighted by atomic mass is 9.28. The standard InChI is InChI=1S/C18H17NO4/c1-22-15(20)17-9-18(10-17,16(21)23-2)14(17)12-5-6-13-11(8-12)4-3-7-19-13/h3-8,14H,9-10H2,1-2H3. The third kappa shape index (κ3) is 1.59. The van der Waals surface area contributed by atoms with Crippen LogP contribution in [0.3, 0.4) is 0 Å². The van der Waals surface area contributed by atoms with Crippen molar-refractivity contribution in [2.45, 2.75) is 18.8 Å². The van der Waals surface area contributed by atoms with Gasteiger partial charge < -0.3 is 9.47 Å². The fourth-order valence-electron chi connectivity index (χ4n) is 4.59. The molecule has 0 amide bonds. The fraction of sp³-hybridized carbons (Fsp3) is 0.389. The number of pyridine rings is 1. The number of nitrogens with zero attached hydrogens (tertiary/aromatic N) is 1. The number of fused-ring (bicyclic) bond motifs is 1. The largest absolute Gasteiger partial charge is 0.469 e. The van der Waals surface area contributed by atoms with Crippen molar-refractivity contribution >= 4 is 22.8 Å². The Kier molecular flexibility index (Phi) is 2.80. The zero-order valence-electron chi connectivity index (χ0n) is 13.0. The molecule has 0 unspecified atom stereocenters. The zero-order valence-corrected chi connectivity index (χ0v) is 13.0. The smallest absolute Gasteiger partial charge is 0.312 e. The van der Waals surface area contributed by atoms with E-state index in [4.69, 9.17) is 9.47 Å². The van der Waals surface area contributed by atoms with Gasteiger partial charge in [0.25, 0.3) is 0 Å². The van der Waals surface area contributed by atoms with Crippen molar-refractivity contribution < 1.29 is 19.1 Å². The Morgan fingerprint density at radius 2 is 1.74 bits per heavy atom. The van der Waals surface area contributed by atoms with Gasteiger partial charge >= 0.3 is 11.9 Å². The Morgan fingerprint density at radius 3 is 2.35 bits per heavy atom. The van der Waals surface area contributed by atoms with Gasteiger partial charge in [0.15, 0.2) is 0 Å². The number of esters is 2. The van der Waals surface area contributed by atoms with E-state index in [1.807, 2.05) is 30.3 Å². The minimum Gasteiger partial charge on any atom is -0.469 e. The number of benzene rings is 1. The summed E-state index contributed by atoms with van der Waals surface area (Å²) >= 11 is 0. The Bertz CT molecular complexity index is 795. The summed E-state index contributed by atoms with van der Waals surface area (Å²) < 4.78 is 9.98. The first kappa shape index (κ1) is 14.2. The van der Waals surface area contributed by atoms with Gasteiger partial charge in [0.2, 0.25) is 0 Å². The van der Waals surface area contributed by atoms with Crippen LogP contribution in [0.15, 0.2) is 36.5 Å². The molecule has 1 aromatic heterocycles. The molecular weight excluding hydrogens is 294 g/mol. The molecule has 5 rings (SSSR count). The first-order chi connectivity index (χ1) is 11.1. The molecule has 3 saturated carbocycles. The van der Waals surface area contributed by atoms with Crippen LogP contribution in [0, 0.1) is 10.8 Å². The Balaban J connectivity index is 1.79. The van der Waals surface area contributed by atoms with Gasteiger partial charge in [-0.25, -0.2) is 0 Å². The second kappa shape index (κ2) is 4.54. The minimum atomic E-state index is -0.584. The molecule has 3 fully saturated rings. The third-order valence-corrected chi connectivity index (χ3v) is 5.51. The molecular formula is C18H17NO4. The Morgan fingerprint density at radius 1 is 1.09 bits per heavy atom. The quantitative estimate of drug-likeness (QED) is 0.815. The van der Waals surface area contributed by atoms with Crippen LogP contribution in [-0.4, -0.2) is 31.1 Å². The molecule has 1 heterocycles. The average molecular weight is 311 g/mol. The molecule has 3 aliphatic rings. The molecule has 5 nitrogen and oxygen atoms in total. The first-order valence-corrected chi connectivity index (χ1v) is 7.59. The molecule has 118 valence electrons. The Hall–Kier alpha value is -2.43. The second-order valence-electron chi connectivity index (χ2n) is 6.54. The van der Waals surface area contributed by atoms with E-state index in [1.165, 1.54) is 14.2 Å². The molecule has 0 radical (unpaired) electrons. The molecule has 2 bridgehead atoms. The van der Waals surface area contributed by atoms with Crippen molar-refractivity contribution in [3.63, 3.8) is 0 Å². The number of hydrogen-bond acceptors (Lipinski definition) is 5. The highest BCUT2D eigenvalue weighted by atomic mass is 16.5. The van der Waals surface area contributed by atoms with E-state index in [0.717, 1.165) is 16.5 Å². The van der Waals surface area contributed by atoms with Gasteiger partial charge in [-0.05, 0) is 36.6 Å². The highest BCUT2D eigenvalue weighted by Crippen LogP contribution is 2.81. The molecule has 2 aromatic rings. The van der Waals surface area contributed by atoms with Crippen LogP contribution in [0.2, 0.25) is 0 Å². The van der Waals surface area contributed by atoms with Gasteiger partial charge in [-0.15, -0.1) is 0 Å². The van der Waals surface area contributed by atoms with Crippen molar-refractivity contribution in [2.24, 2.45) is 10.8 Å². The summed E-state index contributed by atoms with van der Waals surface area (Å²) in [6.07, 6.45) is 2.76. The van der Waals surface area contributed by atoms with Crippen LogP contribution in [-0.2, 0) is 19.1 Å². The van der Waals surface area contributed by atoms with Gasteiger partial charge in [0, 0.05) is 17.5 Å². The van der Waals surface area contributed by atoms with E-state index in [9.17, 15) is 9.59 Å². The number of carbonyl (C=O) groups excluding carboxylic acids is 2. The predicted molar refractivity (Wildman–Crippen MR) is 82.6 cm³/mol. The van der Waals surface area contributed by atoms with Crippen molar-refractivity contribution in [1.82, 2.24) is 4.98 Å². The normalized spacial score (nSPS) is 31.0. The summed E-state index contributed by atoms with van der Waals surface area (Å²) in [6.45, 7) is 0. The Labute approximate surface area is 133 Å². The van der Waals surface area contributed by atoms with Crippen molar-refractivity contribution in [2.75, 3.05) is 14.2 Å². The minimum absolute atomic E-state index is 0.181. The number of rotatable bonds is 3. The van der Waals surface area contributed by atoms with E-state index >= 15 is 0 Å². The summed E-state index contributed by atoms with van der Waals surface area (Å²) in [7, 11) is 2.80. The number of methoxy groups -OCH3 is 2. The van der Waals surface area contributed by atoms with Crippen LogP contribution >= 0.6 is 0 Å². The van der Waals surface area contributed by atoms with Gasteiger partial charge in [0.1, 0.15) is 0 Å². The highest BCUT2D eigenvalue weighted by Gasteiger charge is 2.83. The van der Waals surface area contributed by atoms with E-state index in [0.29, 0.717) is 12.8 Å². The molecule has 0 saturated heterocycles.